The van der Waals surface area contributed by atoms with Crippen LogP contribution >= 0.6 is 11.8 Å². The summed E-state index contributed by atoms with van der Waals surface area (Å²) < 4.78 is 0. The van der Waals surface area contributed by atoms with E-state index in [1.54, 1.807) is 27.6 Å². The van der Waals surface area contributed by atoms with Crippen molar-refractivity contribution in [3.8, 4) is 0 Å². The van der Waals surface area contributed by atoms with Gasteiger partial charge in [0.1, 0.15) is 0 Å². The fourth-order valence-electron chi connectivity index (χ4n) is 1.96. The van der Waals surface area contributed by atoms with Crippen LogP contribution in [-0.4, -0.2) is 64.1 Å². The molecule has 1 rings (SSSR count). The summed E-state index contributed by atoms with van der Waals surface area (Å²) in [5.41, 5.74) is 0. The van der Waals surface area contributed by atoms with E-state index < -0.39 is 5.97 Å². The molecule has 1 N–H and O–H groups in total. The van der Waals surface area contributed by atoms with Crippen molar-refractivity contribution in [2.75, 3.05) is 31.1 Å². The van der Waals surface area contributed by atoms with Gasteiger partial charge in [-0.25, -0.2) is 4.79 Å². The minimum atomic E-state index is -0.855. The third-order valence-electron chi connectivity index (χ3n) is 2.89. The van der Waals surface area contributed by atoms with Crippen molar-refractivity contribution >= 4 is 23.8 Å². The molecule has 1 unspecified atom stereocenters. The number of carbonyl (C=O) groups is 2. The maximum atomic E-state index is 12.3. The predicted octanol–water partition coefficient (Wildman–Crippen LogP) is 1.51. The van der Waals surface area contributed by atoms with Crippen LogP contribution in [0.3, 0.4) is 0 Å². The first-order valence-corrected chi connectivity index (χ1v) is 7.21. The number of hydrogen-bond acceptors (Lipinski definition) is 3. The van der Waals surface area contributed by atoms with Gasteiger partial charge in [0.15, 0.2) is 0 Å². The summed E-state index contributed by atoms with van der Waals surface area (Å²) in [5, 5.41) is 8.89. The van der Waals surface area contributed by atoms with Crippen LogP contribution in [0.25, 0.3) is 0 Å². The molecule has 18 heavy (non-hydrogen) atoms. The summed E-state index contributed by atoms with van der Waals surface area (Å²) in [5.74, 6) is 0.712. The lowest BCUT2D eigenvalue weighted by molar-refractivity contribution is -0.138. The second kappa shape index (κ2) is 7.31. The molecule has 0 spiro atoms. The van der Waals surface area contributed by atoms with Crippen LogP contribution in [0.4, 0.5) is 4.79 Å². The first-order chi connectivity index (χ1) is 8.60. The van der Waals surface area contributed by atoms with Gasteiger partial charge in [0.2, 0.25) is 0 Å². The highest BCUT2D eigenvalue weighted by atomic mass is 32.2. The van der Waals surface area contributed by atoms with Crippen molar-refractivity contribution in [2.45, 2.75) is 19.4 Å². The van der Waals surface area contributed by atoms with Crippen molar-refractivity contribution < 1.29 is 14.7 Å². The maximum Gasteiger partial charge on any atom is 0.320 e. The van der Waals surface area contributed by atoms with Gasteiger partial charge in [0.25, 0.3) is 0 Å². The Kier molecular flexibility index (Phi) is 6.04. The number of carboxylic acids is 1. The number of urea groups is 1. The second-order valence-corrected chi connectivity index (χ2v) is 5.28. The molecule has 1 aliphatic rings. The lowest BCUT2D eigenvalue weighted by atomic mass is 10.2. The van der Waals surface area contributed by atoms with Gasteiger partial charge in [-0.2, -0.15) is 11.8 Å². The average molecular weight is 272 g/mol. The van der Waals surface area contributed by atoms with E-state index in [-0.39, 0.29) is 18.5 Å². The van der Waals surface area contributed by atoms with Gasteiger partial charge in [-0.15, -0.1) is 6.58 Å². The molecule has 0 aromatic heterocycles. The number of carbonyl (C=O) groups excluding carboxylic acids is 1. The zero-order chi connectivity index (χ0) is 13.5. The molecule has 0 radical (unpaired) electrons. The van der Waals surface area contributed by atoms with Crippen molar-refractivity contribution in [3.63, 3.8) is 0 Å². The normalized spacial score (nSPS) is 19.4. The quantitative estimate of drug-likeness (QED) is 0.771. The summed E-state index contributed by atoms with van der Waals surface area (Å²) in [7, 11) is 0. The molecule has 1 fully saturated rings. The van der Waals surface area contributed by atoms with E-state index in [0.717, 1.165) is 5.75 Å². The van der Waals surface area contributed by atoms with Crippen LogP contribution < -0.4 is 0 Å². The third kappa shape index (κ3) is 3.94. The Hall–Kier alpha value is -1.17. The molecule has 0 aromatic rings. The van der Waals surface area contributed by atoms with Crippen molar-refractivity contribution in [1.82, 2.24) is 9.80 Å². The van der Waals surface area contributed by atoms with Gasteiger partial charge >= 0.3 is 12.0 Å². The Labute approximate surface area is 112 Å². The molecule has 1 aliphatic heterocycles. The summed E-state index contributed by atoms with van der Waals surface area (Å²) in [6.45, 7) is 7.27. The van der Waals surface area contributed by atoms with Crippen LogP contribution in [0.2, 0.25) is 0 Å². The first-order valence-electron chi connectivity index (χ1n) is 6.06. The fourth-order valence-corrected chi connectivity index (χ4v) is 3.02. The summed E-state index contributed by atoms with van der Waals surface area (Å²) >= 11 is 1.70. The van der Waals surface area contributed by atoms with E-state index >= 15 is 0 Å². The van der Waals surface area contributed by atoms with E-state index in [0.29, 0.717) is 25.4 Å². The number of carboxylic acid groups (broad SMARTS) is 1. The molecule has 0 bridgehead atoms. The van der Waals surface area contributed by atoms with E-state index in [1.807, 2.05) is 6.92 Å². The first kappa shape index (κ1) is 14.9. The maximum absolute atomic E-state index is 12.3. The molecule has 6 heteroatoms. The van der Waals surface area contributed by atoms with E-state index in [1.165, 1.54) is 0 Å². The van der Waals surface area contributed by atoms with Crippen LogP contribution in [0, 0.1) is 0 Å². The van der Waals surface area contributed by atoms with Crippen LogP contribution in [-0.2, 0) is 4.79 Å². The molecular formula is C12H20N2O3S. The van der Waals surface area contributed by atoms with Crippen LogP contribution in [0.15, 0.2) is 12.7 Å². The largest absolute Gasteiger partial charge is 0.481 e. The number of likely N-dealkylation sites (N-methyl/N-ethyl adjacent to an activating group) is 1. The minimum Gasteiger partial charge on any atom is -0.481 e. The van der Waals surface area contributed by atoms with Crippen LogP contribution in [0.1, 0.15) is 13.3 Å². The topological polar surface area (TPSA) is 60.9 Å². The van der Waals surface area contributed by atoms with E-state index in [4.69, 9.17) is 5.11 Å². The summed E-state index contributed by atoms with van der Waals surface area (Å²) in [4.78, 5) is 26.5. The number of rotatable bonds is 5. The SMILES string of the molecule is C=CCN(CC)C(=O)N1CCSCC1CC(=O)O. The zero-order valence-electron chi connectivity index (χ0n) is 10.7. The lowest BCUT2D eigenvalue weighted by Gasteiger charge is -2.37. The second-order valence-electron chi connectivity index (χ2n) is 4.13. The monoisotopic (exact) mass is 272 g/mol. The lowest BCUT2D eigenvalue weighted by Crippen LogP contribution is -2.52. The van der Waals surface area contributed by atoms with Gasteiger partial charge in [-0.05, 0) is 6.92 Å². The molecular weight excluding hydrogens is 252 g/mol. The van der Waals surface area contributed by atoms with Gasteiger partial charge in [0.05, 0.1) is 12.5 Å². The number of nitrogens with zero attached hydrogens (tertiary/aromatic N) is 2. The Morgan fingerprint density at radius 1 is 1.61 bits per heavy atom. The zero-order valence-corrected chi connectivity index (χ0v) is 11.5. The molecule has 2 amide bonds. The number of thioether (sulfide) groups is 1. The molecule has 0 aliphatic carbocycles. The highest BCUT2D eigenvalue weighted by Gasteiger charge is 2.30. The number of amides is 2. The number of aliphatic carboxylic acids is 1. The van der Waals surface area contributed by atoms with Crippen LogP contribution in [0.5, 0.6) is 0 Å². The molecule has 5 nitrogen and oxygen atoms in total. The van der Waals surface area contributed by atoms with Gasteiger partial charge in [-0.3, -0.25) is 4.79 Å². The Bertz CT molecular complexity index is 322. The Morgan fingerprint density at radius 3 is 2.89 bits per heavy atom. The van der Waals surface area contributed by atoms with E-state index in [9.17, 15) is 9.59 Å². The standard InChI is InChI=1S/C12H20N2O3S/c1-3-5-13(4-2)12(17)14-6-7-18-9-10(14)8-11(15)16/h3,10H,1,4-9H2,2H3,(H,15,16). The Balaban J connectivity index is 2.72. The molecule has 1 saturated heterocycles. The smallest absolute Gasteiger partial charge is 0.320 e. The average Bonchev–Trinajstić information content (AvgIpc) is 2.35. The number of hydrogen-bond donors (Lipinski definition) is 1. The van der Waals surface area contributed by atoms with Gasteiger partial charge in [-0.1, -0.05) is 6.08 Å². The van der Waals surface area contributed by atoms with Gasteiger partial charge in [0, 0.05) is 31.1 Å². The Morgan fingerprint density at radius 2 is 2.33 bits per heavy atom. The van der Waals surface area contributed by atoms with Crippen molar-refractivity contribution in [1.29, 1.82) is 0 Å². The predicted molar refractivity (Wildman–Crippen MR) is 72.9 cm³/mol. The third-order valence-corrected chi connectivity index (χ3v) is 3.98. The highest BCUT2D eigenvalue weighted by Crippen LogP contribution is 2.20. The fraction of sp³-hybridized carbons (Fsp3) is 0.667. The van der Waals surface area contributed by atoms with Gasteiger partial charge < -0.3 is 14.9 Å². The molecule has 0 aromatic carbocycles. The molecule has 1 atom stereocenters. The minimum absolute atomic E-state index is 0.0182. The highest BCUT2D eigenvalue weighted by molar-refractivity contribution is 7.99. The van der Waals surface area contributed by atoms with Crippen molar-refractivity contribution in [2.24, 2.45) is 0 Å². The van der Waals surface area contributed by atoms with E-state index in [2.05, 4.69) is 6.58 Å². The molecule has 1 heterocycles. The molecule has 102 valence electrons. The molecule has 0 saturated carbocycles. The van der Waals surface area contributed by atoms with Crippen molar-refractivity contribution in [3.05, 3.63) is 12.7 Å². The summed E-state index contributed by atoms with van der Waals surface area (Å²) in [6.07, 6.45) is 1.71. The summed E-state index contributed by atoms with van der Waals surface area (Å²) in [6, 6.07) is -0.281.